The summed E-state index contributed by atoms with van der Waals surface area (Å²) >= 11 is 0. The molecule has 288 valence electrons. The molecule has 14 heteroatoms. The number of carbonyl (C=O) groups is 5. The number of rotatable bonds is 13. The third-order valence-corrected chi connectivity index (χ3v) is 14.5. The number of amides is 5. The third-order valence-electron chi connectivity index (χ3n) is 12.2. The highest BCUT2D eigenvalue weighted by Gasteiger charge is 2.70. The Labute approximate surface area is 304 Å². The van der Waals surface area contributed by atoms with E-state index in [2.05, 4.69) is 35.1 Å². The molecule has 0 aromatic carbocycles. The number of likely N-dealkylation sites (tertiary alicyclic amines) is 1. The second-order valence-electron chi connectivity index (χ2n) is 18.9. The number of hydrogen-bond donors (Lipinski definition) is 4. The summed E-state index contributed by atoms with van der Waals surface area (Å²) in [4.78, 5) is 70.1. The van der Waals surface area contributed by atoms with E-state index in [9.17, 15) is 32.4 Å². The van der Waals surface area contributed by atoms with Crippen LogP contribution >= 0.6 is 0 Å². The molecule has 5 atom stereocenters. The van der Waals surface area contributed by atoms with Gasteiger partial charge in [-0.3, -0.25) is 19.2 Å². The smallest absolute Gasteiger partial charge is 0.315 e. The summed E-state index contributed by atoms with van der Waals surface area (Å²) in [5, 5.41) is 11.6. The van der Waals surface area contributed by atoms with Crippen molar-refractivity contribution in [3.05, 3.63) is 0 Å². The van der Waals surface area contributed by atoms with Crippen LogP contribution in [0.25, 0.3) is 0 Å². The molecular weight excluding hydrogens is 673 g/mol. The predicted molar refractivity (Wildman–Crippen MR) is 194 cm³/mol. The Kier molecular flexibility index (Phi) is 10.8. The molecule has 5 aliphatic rings. The summed E-state index contributed by atoms with van der Waals surface area (Å²) in [6.45, 7) is 15.5. The molecular formula is C37H62N6O7S. The first-order valence-corrected chi connectivity index (χ1v) is 20.6. The average molecular weight is 735 g/mol. The lowest BCUT2D eigenvalue weighted by atomic mass is 9.83. The van der Waals surface area contributed by atoms with Gasteiger partial charge < -0.3 is 26.2 Å². The summed E-state index contributed by atoms with van der Waals surface area (Å²) in [6.07, 6.45) is 7.43. The van der Waals surface area contributed by atoms with Crippen molar-refractivity contribution in [3.63, 3.8) is 0 Å². The Bertz CT molecular complexity index is 1500. The highest BCUT2D eigenvalue weighted by atomic mass is 32.2. The highest BCUT2D eigenvalue weighted by Crippen LogP contribution is 2.65. The highest BCUT2D eigenvalue weighted by molar-refractivity contribution is 7.89. The SMILES string of the molecule is CN(C(C)(C)C)S(=O)(=O)CC1(NC(=O)N[C@H](C(=O)N2C[C@H]3[C@@H]([C@H]2C(=O)N[C@@H](CC2CC2)C(=O)C(=O)NC2CC2)C3(C)C)C(C)(C)C)CCCCC1. The maximum absolute atomic E-state index is 14.5. The molecule has 4 saturated carbocycles. The number of urea groups is 1. The molecule has 1 aliphatic heterocycles. The second kappa shape index (κ2) is 13.9. The lowest BCUT2D eigenvalue weighted by Crippen LogP contribution is -2.64. The van der Waals surface area contributed by atoms with Gasteiger partial charge in [0.25, 0.3) is 5.91 Å². The Morgan fingerprint density at radius 2 is 1.51 bits per heavy atom. The Morgan fingerprint density at radius 3 is 2.04 bits per heavy atom. The predicted octanol–water partition coefficient (Wildman–Crippen LogP) is 3.08. The summed E-state index contributed by atoms with van der Waals surface area (Å²) in [5.74, 6) is -2.24. The van der Waals surface area contributed by atoms with Crippen molar-refractivity contribution in [2.75, 3.05) is 19.3 Å². The van der Waals surface area contributed by atoms with Gasteiger partial charge in [-0.1, -0.05) is 66.7 Å². The number of nitrogens with zero attached hydrogens (tertiary/aromatic N) is 2. The van der Waals surface area contributed by atoms with Crippen LogP contribution in [0.3, 0.4) is 0 Å². The molecule has 4 aliphatic carbocycles. The zero-order valence-electron chi connectivity index (χ0n) is 32.2. The number of carbonyl (C=O) groups excluding carboxylic acids is 5. The number of nitrogens with one attached hydrogen (secondary N) is 4. The van der Waals surface area contributed by atoms with E-state index in [1.807, 2.05) is 41.5 Å². The zero-order valence-corrected chi connectivity index (χ0v) is 33.0. The molecule has 0 aromatic rings. The van der Waals surface area contributed by atoms with Gasteiger partial charge in [-0.25, -0.2) is 13.2 Å². The van der Waals surface area contributed by atoms with E-state index in [0.717, 1.165) is 44.9 Å². The first-order chi connectivity index (χ1) is 23.5. The maximum atomic E-state index is 14.5. The van der Waals surface area contributed by atoms with Crippen LogP contribution in [0, 0.1) is 28.6 Å². The molecule has 0 unspecified atom stereocenters. The van der Waals surface area contributed by atoms with Crippen molar-refractivity contribution in [3.8, 4) is 0 Å². The minimum atomic E-state index is -3.74. The van der Waals surface area contributed by atoms with E-state index >= 15 is 0 Å². The van der Waals surface area contributed by atoms with Crippen molar-refractivity contribution in [2.45, 2.75) is 155 Å². The van der Waals surface area contributed by atoms with Gasteiger partial charge in [0.2, 0.25) is 27.6 Å². The van der Waals surface area contributed by atoms with Gasteiger partial charge >= 0.3 is 6.03 Å². The van der Waals surface area contributed by atoms with E-state index in [1.54, 1.807) is 11.9 Å². The van der Waals surface area contributed by atoms with Gasteiger partial charge in [-0.2, -0.15) is 4.31 Å². The fourth-order valence-corrected chi connectivity index (χ4v) is 10.3. The molecule has 5 rings (SSSR count). The Hall–Kier alpha value is -2.74. The van der Waals surface area contributed by atoms with Crippen LogP contribution in [0.5, 0.6) is 0 Å². The molecule has 0 aromatic heterocycles. The molecule has 5 fully saturated rings. The van der Waals surface area contributed by atoms with Crippen LogP contribution in [0.15, 0.2) is 0 Å². The molecule has 13 nitrogen and oxygen atoms in total. The summed E-state index contributed by atoms with van der Waals surface area (Å²) < 4.78 is 28.5. The lowest BCUT2D eigenvalue weighted by Gasteiger charge is -2.42. The lowest BCUT2D eigenvalue weighted by molar-refractivity contribution is -0.145. The van der Waals surface area contributed by atoms with Crippen LogP contribution in [0.1, 0.15) is 120 Å². The first kappa shape index (κ1) is 39.5. The number of fused-ring (bicyclic) bond motifs is 1. The molecule has 51 heavy (non-hydrogen) atoms. The Morgan fingerprint density at radius 1 is 0.902 bits per heavy atom. The van der Waals surface area contributed by atoms with Crippen molar-refractivity contribution < 1.29 is 32.4 Å². The number of piperidine rings is 1. The standard InChI is InChI=1S/C37H62N6O7S/c1-34(2,3)29(40-33(48)41-37(17-11-10-12-18-37)21-51(49,50)42(9)35(4,5)6)32(47)43-20-24-26(36(24,7)8)27(43)30(45)39-25(19-22-13-14-22)28(44)31(46)38-23-15-16-23/h22-27,29H,10-21H2,1-9H3,(H,38,46)(H,39,45)(H2,40,41,48)/t24-,25-,26-,27-,29+/m0/s1. The summed E-state index contributed by atoms with van der Waals surface area (Å²) in [5.41, 5.74) is -2.59. The quantitative estimate of drug-likeness (QED) is 0.211. The minimum Gasteiger partial charge on any atom is -0.347 e. The number of ketones is 1. The van der Waals surface area contributed by atoms with Gasteiger partial charge in [0.15, 0.2) is 0 Å². The van der Waals surface area contributed by atoms with Gasteiger partial charge in [0, 0.05) is 25.2 Å². The molecule has 1 saturated heterocycles. The first-order valence-electron chi connectivity index (χ1n) is 19.0. The molecule has 0 radical (unpaired) electrons. The molecule has 0 bridgehead atoms. The van der Waals surface area contributed by atoms with Crippen molar-refractivity contribution in [1.29, 1.82) is 0 Å². The van der Waals surface area contributed by atoms with Gasteiger partial charge in [0.05, 0.1) is 17.3 Å². The van der Waals surface area contributed by atoms with E-state index in [4.69, 9.17) is 0 Å². The molecule has 1 heterocycles. The van der Waals surface area contributed by atoms with Crippen LogP contribution in [0.4, 0.5) is 4.79 Å². The Balaban J connectivity index is 1.33. The molecule has 5 amide bonds. The van der Waals surface area contributed by atoms with E-state index in [0.29, 0.717) is 25.8 Å². The monoisotopic (exact) mass is 734 g/mol. The molecule has 4 N–H and O–H groups in total. The topological polar surface area (TPSA) is 174 Å². The van der Waals surface area contributed by atoms with Gasteiger partial charge in [-0.15, -0.1) is 0 Å². The largest absolute Gasteiger partial charge is 0.347 e. The van der Waals surface area contributed by atoms with E-state index < -0.39 is 74.2 Å². The van der Waals surface area contributed by atoms with Crippen LogP contribution in [-0.2, 0) is 29.2 Å². The van der Waals surface area contributed by atoms with Crippen molar-refractivity contribution in [2.24, 2.45) is 28.6 Å². The summed E-state index contributed by atoms with van der Waals surface area (Å²) in [7, 11) is -2.19. The van der Waals surface area contributed by atoms with Crippen LogP contribution < -0.4 is 21.3 Å². The van der Waals surface area contributed by atoms with Gasteiger partial charge in [-0.05, 0) is 81.5 Å². The second-order valence-corrected chi connectivity index (χ2v) is 20.9. The number of Topliss-reactive ketones (excluding diaryl/α,β-unsaturated/α-hetero) is 1. The van der Waals surface area contributed by atoms with Crippen LogP contribution in [-0.4, -0.2) is 102 Å². The minimum absolute atomic E-state index is 0.0101. The number of sulfonamides is 1. The summed E-state index contributed by atoms with van der Waals surface area (Å²) in [6, 6.07) is -3.48. The van der Waals surface area contributed by atoms with Crippen molar-refractivity contribution in [1.82, 2.24) is 30.5 Å². The molecule has 0 spiro atoms. The normalized spacial score (nSPS) is 26.8. The fraction of sp³-hybridized carbons (Fsp3) is 0.865. The number of hydrogen-bond acceptors (Lipinski definition) is 7. The van der Waals surface area contributed by atoms with E-state index in [-0.39, 0.29) is 35.0 Å². The zero-order chi connectivity index (χ0) is 37.9. The average Bonchev–Trinajstić information content (AvgIpc) is 3.97. The maximum Gasteiger partial charge on any atom is 0.315 e. The van der Waals surface area contributed by atoms with Gasteiger partial charge in [0.1, 0.15) is 12.1 Å². The third kappa shape index (κ3) is 8.91. The van der Waals surface area contributed by atoms with E-state index in [1.165, 1.54) is 4.31 Å². The van der Waals surface area contributed by atoms with Crippen LogP contribution in [0.2, 0.25) is 0 Å². The van der Waals surface area contributed by atoms with Crippen molar-refractivity contribution >= 4 is 39.6 Å². The fourth-order valence-electron chi connectivity index (χ4n) is 8.25.